The first-order chi connectivity index (χ1) is 8.86. The van der Waals surface area contributed by atoms with Crippen LogP contribution >= 0.6 is 0 Å². The number of methoxy groups -OCH3 is 1. The maximum absolute atomic E-state index is 12.9. The Kier molecular flexibility index (Phi) is 3.62. The van der Waals surface area contributed by atoms with E-state index in [-0.39, 0.29) is 17.0 Å². The van der Waals surface area contributed by atoms with E-state index in [2.05, 4.69) is 5.32 Å². The molecule has 1 aromatic rings. The molecule has 1 aliphatic carbocycles. The SMILES string of the molecule is COC1(CNc2ccc(N)cc2C(F)(F)F)CCC1. The van der Waals surface area contributed by atoms with Crippen molar-refractivity contribution in [1.82, 2.24) is 0 Å². The van der Waals surface area contributed by atoms with Gasteiger partial charge in [-0.3, -0.25) is 0 Å². The van der Waals surface area contributed by atoms with Crippen LogP contribution in [0.25, 0.3) is 0 Å². The summed E-state index contributed by atoms with van der Waals surface area (Å²) in [5.74, 6) is 0. The van der Waals surface area contributed by atoms with E-state index in [0.29, 0.717) is 6.54 Å². The van der Waals surface area contributed by atoms with Crippen molar-refractivity contribution >= 4 is 11.4 Å². The van der Waals surface area contributed by atoms with Gasteiger partial charge in [-0.1, -0.05) is 0 Å². The highest BCUT2D eigenvalue weighted by molar-refractivity contribution is 5.59. The third-order valence-electron chi connectivity index (χ3n) is 3.65. The molecular formula is C13H17F3N2O. The number of nitrogen functional groups attached to an aromatic ring is 1. The summed E-state index contributed by atoms with van der Waals surface area (Å²) >= 11 is 0. The highest BCUT2D eigenvalue weighted by atomic mass is 19.4. The van der Waals surface area contributed by atoms with Crippen molar-refractivity contribution in [2.75, 3.05) is 24.7 Å². The van der Waals surface area contributed by atoms with Gasteiger partial charge in [-0.25, -0.2) is 0 Å². The molecule has 1 aromatic carbocycles. The zero-order chi connectivity index (χ0) is 14.1. The molecule has 0 bridgehead atoms. The largest absolute Gasteiger partial charge is 0.418 e. The van der Waals surface area contributed by atoms with Crippen LogP contribution in [0.3, 0.4) is 0 Å². The molecule has 1 saturated carbocycles. The second kappa shape index (κ2) is 4.92. The number of nitrogens with one attached hydrogen (secondary N) is 1. The molecule has 2 rings (SSSR count). The molecule has 0 spiro atoms. The molecule has 6 heteroatoms. The zero-order valence-corrected chi connectivity index (χ0v) is 10.7. The average molecular weight is 274 g/mol. The van der Waals surface area contributed by atoms with Gasteiger partial charge in [0.1, 0.15) is 0 Å². The number of nitrogens with two attached hydrogens (primary N) is 1. The zero-order valence-electron chi connectivity index (χ0n) is 10.7. The average Bonchev–Trinajstić information content (AvgIpc) is 2.28. The van der Waals surface area contributed by atoms with Gasteiger partial charge in [0.05, 0.1) is 11.2 Å². The first kappa shape index (κ1) is 14.0. The summed E-state index contributed by atoms with van der Waals surface area (Å²) < 4.78 is 44.1. The normalized spacial score (nSPS) is 17.9. The fourth-order valence-corrected chi connectivity index (χ4v) is 2.23. The van der Waals surface area contributed by atoms with Crippen LogP contribution in [0.15, 0.2) is 18.2 Å². The maximum Gasteiger partial charge on any atom is 0.418 e. The van der Waals surface area contributed by atoms with Gasteiger partial charge in [0.25, 0.3) is 0 Å². The van der Waals surface area contributed by atoms with Crippen LogP contribution in [0.2, 0.25) is 0 Å². The van der Waals surface area contributed by atoms with Gasteiger partial charge < -0.3 is 15.8 Å². The first-order valence-electron chi connectivity index (χ1n) is 6.12. The lowest BCUT2D eigenvalue weighted by atomic mass is 9.80. The Balaban J connectivity index is 2.16. The summed E-state index contributed by atoms with van der Waals surface area (Å²) in [5, 5.41) is 2.84. The molecule has 1 fully saturated rings. The van der Waals surface area contributed by atoms with E-state index in [9.17, 15) is 13.2 Å². The summed E-state index contributed by atoms with van der Waals surface area (Å²) in [6.45, 7) is 0.372. The van der Waals surface area contributed by atoms with Crippen molar-refractivity contribution in [3.05, 3.63) is 23.8 Å². The van der Waals surface area contributed by atoms with Gasteiger partial charge in [0.2, 0.25) is 0 Å². The quantitative estimate of drug-likeness (QED) is 0.828. The van der Waals surface area contributed by atoms with Crippen LogP contribution in [-0.4, -0.2) is 19.3 Å². The Morgan fingerprint density at radius 2 is 2.05 bits per heavy atom. The van der Waals surface area contributed by atoms with E-state index in [0.717, 1.165) is 25.3 Å². The Bertz CT molecular complexity index is 450. The van der Waals surface area contributed by atoms with Crippen molar-refractivity contribution in [2.24, 2.45) is 0 Å². The third-order valence-corrected chi connectivity index (χ3v) is 3.65. The van der Waals surface area contributed by atoms with Crippen LogP contribution in [0, 0.1) is 0 Å². The molecule has 106 valence electrons. The number of halogens is 3. The number of hydrogen-bond acceptors (Lipinski definition) is 3. The van der Waals surface area contributed by atoms with Gasteiger partial charge >= 0.3 is 6.18 Å². The van der Waals surface area contributed by atoms with Crippen molar-refractivity contribution in [1.29, 1.82) is 0 Å². The number of anilines is 2. The number of benzene rings is 1. The molecule has 0 unspecified atom stereocenters. The van der Waals surface area contributed by atoms with Gasteiger partial charge in [-0.2, -0.15) is 13.2 Å². The number of hydrogen-bond donors (Lipinski definition) is 2. The third kappa shape index (κ3) is 2.94. The van der Waals surface area contributed by atoms with Gasteiger partial charge in [0.15, 0.2) is 0 Å². The molecule has 1 aliphatic rings. The second-order valence-corrected chi connectivity index (χ2v) is 4.90. The topological polar surface area (TPSA) is 47.3 Å². The Labute approximate surface area is 109 Å². The molecular weight excluding hydrogens is 257 g/mol. The molecule has 0 atom stereocenters. The summed E-state index contributed by atoms with van der Waals surface area (Å²) in [7, 11) is 1.59. The minimum absolute atomic E-state index is 0.0463. The minimum atomic E-state index is -4.42. The van der Waals surface area contributed by atoms with Crippen LogP contribution < -0.4 is 11.1 Å². The maximum atomic E-state index is 12.9. The molecule has 3 nitrogen and oxygen atoms in total. The number of rotatable bonds is 4. The fourth-order valence-electron chi connectivity index (χ4n) is 2.23. The van der Waals surface area contributed by atoms with Gasteiger partial charge in [-0.15, -0.1) is 0 Å². The number of ether oxygens (including phenoxy) is 1. The molecule has 19 heavy (non-hydrogen) atoms. The van der Waals surface area contributed by atoms with Crippen LogP contribution in [-0.2, 0) is 10.9 Å². The predicted octanol–water partition coefficient (Wildman–Crippen LogP) is 3.27. The molecule has 3 N–H and O–H groups in total. The van der Waals surface area contributed by atoms with E-state index >= 15 is 0 Å². The lowest BCUT2D eigenvalue weighted by Crippen LogP contribution is -2.45. The first-order valence-corrected chi connectivity index (χ1v) is 6.12. The summed E-state index contributed by atoms with van der Waals surface area (Å²) in [5.41, 5.74) is 4.50. The van der Waals surface area contributed by atoms with Crippen LogP contribution in [0.5, 0.6) is 0 Å². The van der Waals surface area contributed by atoms with Crippen LogP contribution in [0.1, 0.15) is 24.8 Å². The summed E-state index contributed by atoms with van der Waals surface area (Å²) in [6.07, 6.45) is -1.64. The van der Waals surface area contributed by atoms with Gasteiger partial charge in [-0.05, 0) is 37.5 Å². The molecule has 0 radical (unpaired) electrons. The monoisotopic (exact) mass is 274 g/mol. The Hall–Kier alpha value is -1.43. The van der Waals surface area contributed by atoms with E-state index in [4.69, 9.17) is 10.5 Å². The summed E-state index contributed by atoms with van der Waals surface area (Å²) in [6, 6.07) is 3.76. The highest BCUT2D eigenvalue weighted by Crippen LogP contribution is 2.38. The van der Waals surface area contributed by atoms with Crippen molar-refractivity contribution in [2.45, 2.75) is 31.0 Å². The van der Waals surface area contributed by atoms with Crippen molar-refractivity contribution in [3.8, 4) is 0 Å². The molecule has 0 aliphatic heterocycles. The molecule has 0 aromatic heterocycles. The molecule has 0 saturated heterocycles. The molecule has 0 heterocycles. The second-order valence-electron chi connectivity index (χ2n) is 4.90. The van der Waals surface area contributed by atoms with Crippen LogP contribution in [0.4, 0.5) is 24.5 Å². The van der Waals surface area contributed by atoms with Crippen molar-refractivity contribution in [3.63, 3.8) is 0 Å². The van der Waals surface area contributed by atoms with Crippen molar-refractivity contribution < 1.29 is 17.9 Å². The number of alkyl halides is 3. The van der Waals surface area contributed by atoms with Gasteiger partial charge in [0, 0.05) is 25.0 Å². The van der Waals surface area contributed by atoms with E-state index in [1.807, 2.05) is 0 Å². The Morgan fingerprint density at radius 1 is 1.37 bits per heavy atom. The fraction of sp³-hybridized carbons (Fsp3) is 0.538. The van der Waals surface area contributed by atoms with E-state index < -0.39 is 11.7 Å². The lowest BCUT2D eigenvalue weighted by Gasteiger charge is -2.41. The predicted molar refractivity (Wildman–Crippen MR) is 67.9 cm³/mol. The lowest BCUT2D eigenvalue weighted by molar-refractivity contribution is -0.137. The van der Waals surface area contributed by atoms with E-state index in [1.165, 1.54) is 12.1 Å². The Morgan fingerprint density at radius 3 is 2.53 bits per heavy atom. The minimum Gasteiger partial charge on any atom is -0.399 e. The smallest absolute Gasteiger partial charge is 0.399 e. The summed E-state index contributed by atoms with van der Waals surface area (Å²) in [4.78, 5) is 0. The van der Waals surface area contributed by atoms with E-state index in [1.54, 1.807) is 7.11 Å². The highest BCUT2D eigenvalue weighted by Gasteiger charge is 2.38. The standard InChI is InChI=1S/C13H17F3N2O/c1-19-12(5-2-6-12)8-18-11-4-3-9(17)7-10(11)13(14,15)16/h3-4,7,18H,2,5-6,8,17H2,1H3. The molecule has 0 amide bonds.